The maximum atomic E-state index is 11.5. The number of rotatable bonds is 3. The molecule has 0 aliphatic heterocycles. The highest BCUT2D eigenvalue weighted by Crippen LogP contribution is 2.25. The van der Waals surface area contributed by atoms with Gasteiger partial charge in [-0.25, -0.2) is 4.79 Å². The van der Waals surface area contributed by atoms with Crippen molar-refractivity contribution < 1.29 is 14.6 Å². The lowest BCUT2D eigenvalue weighted by Gasteiger charge is -2.20. The summed E-state index contributed by atoms with van der Waals surface area (Å²) in [4.78, 5) is 11.5. The van der Waals surface area contributed by atoms with Gasteiger partial charge in [-0.2, -0.15) is 0 Å². The molecule has 5 heteroatoms. The van der Waals surface area contributed by atoms with E-state index in [0.717, 1.165) is 5.56 Å². The predicted molar refractivity (Wildman–Crippen MR) is 70.7 cm³/mol. The maximum absolute atomic E-state index is 11.5. The molecule has 1 amide bonds. The highest BCUT2D eigenvalue weighted by Gasteiger charge is 2.17. The number of benzene rings is 1. The van der Waals surface area contributed by atoms with Crippen LogP contribution in [0.25, 0.3) is 0 Å². The first kappa shape index (κ1) is 14.3. The number of hydrogen-bond donors (Lipinski definition) is 3. The summed E-state index contributed by atoms with van der Waals surface area (Å²) in [6.07, 6.45) is 0.0877. The van der Waals surface area contributed by atoms with E-state index < -0.39 is 11.7 Å². The molecule has 0 aliphatic carbocycles. The van der Waals surface area contributed by atoms with E-state index in [1.807, 2.05) is 0 Å². The minimum atomic E-state index is -0.593. The highest BCUT2D eigenvalue weighted by molar-refractivity contribution is 5.86. The third kappa shape index (κ3) is 4.63. The van der Waals surface area contributed by atoms with E-state index in [0.29, 0.717) is 18.7 Å². The lowest BCUT2D eigenvalue weighted by Crippen LogP contribution is -2.27. The molecule has 100 valence electrons. The van der Waals surface area contributed by atoms with Gasteiger partial charge in [-0.05, 0) is 51.4 Å². The van der Waals surface area contributed by atoms with Crippen molar-refractivity contribution in [2.75, 3.05) is 11.9 Å². The number of anilines is 1. The molecule has 0 spiro atoms. The van der Waals surface area contributed by atoms with E-state index in [1.165, 1.54) is 0 Å². The fraction of sp³-hybridized carbons (Fsp3) is 0.462. The van der Waals surface area contributed by atoms with Crippen LogP contribution in [0.4, 0.5) is 10.5 Å². The molecule has 1 aromatic carbocycles. The van der Waals surface area contributed by atoms with Crippen LogP contribution in [0.5, 0.6) is 5.75 Å². The normalized spacial score (nSPS) is 11.1. The van der Waals surface area contributed by atoms with Crippen molar-refractivity contribution in [1.29, 1.82) is 0 Å². The van der Waals surface area contributed by atoms with Crippen LogP contribution in [-0.4, -0.2) is 23.3 Å². The van der Waals surface area contributed by atoms with E-state index >= 15 is 0 Å². The summed E-state index contributed by atoms with van der Waals surface area (Å²) in [7, 11) is 0. The van der Waals surface area contributed by atoms with Gasteiger partial charge in [0.2, 0.25) is 0 Å². The molecular formula is C13H20N2O3. The van der Waals surface area contributed by atoms with E-state index in [2.05, 4.69) is 5.32 Å². The Labute approximate surface area is 107 Å². The monoisotopic (exact) mass is 252 g/mol. The average molecular weight is 252 g/mol. The second-order valence-corrected chi connectivity index (χ2v) is 5.02. The van der Waals surface area contributed by atoms with Gasteiger partial charge in [-0.1, -0.05) is 6.07 Å². The Bertz CT molecular complexity index is 425. The van der Waals surface area contributed by atoms with Crippen molar-refractivity contribution in [3.8, 4) is 5.75 Å². The summed E-state index contributed by atoms with van der Waals surface area (Å²) in [5, 5.41) is 12.2. The van der Waals surface area contributed by atoms with Crippen LogP contribution in [0.15, 0.2) is 18.2 Å². The minimum Gasteiger partial charge on any atom is -0.506 e. The molecule has 0 saturated heterocycles. The number of phenols is 1. The number of aromatic hydroxyl groups is 1. The van der Waals surface area contributed by atoms with Crippen LogP contribution in [0.2, 0.25) is 0 Å². The molecule has 18 heavy (non-hydrogen) atoms. The second kappa shape index (κ2) is 5.73. The summed E-state index contributed by atoms with van der Waals surface area (Å²) in [5.74, 6) is 0.00630. The number of nitrogens with one attached hydrogen (secondary N) is 1. The summed E-state index contributed by atoms with van der Waals surface area (Å²) >= 11 is 0. The molecule has 0 radical (unpaired) electrons. The number of carbonyl (C=O) groups excluding carboxylic acids is 1. The fourth-order valence-electron chi connectivity index (χ4n) is 1.42. The number of amides is 1. The number of hydrogen-bond acceptors (Lipinski definition) is 4. The van der Waals surface area contributed by atoms with Gasteiger partial charge in [-0.15, -0.1) is 0 Å². The van der Waals surface area contributed by atoms with E-state index in [1.54, 1.807) is 39.0 Å². The standard InChI is InChI=1S/C13H20N2O3/c1-13(2,3)18-12(17)15-10-5-4-9(6-7-14)8-11(10)16/h4-5,8,16H,6-7,14H2,1-3H3,(H,15,17). The molecule has 1 rings (SSSR count). The predicted octanol–water partition coefficient (Wildman–Crippen LogP) is 2.24. The van der Waals surface area contributed by atoms with Crippen LogP contribution in [-0.2, 0) is 11.2 Å². The van der Waals surface area contributed by atoms with Gasteiger partial charge >= 0.3 is 6.09 Å². The lowest BCUT2D eigenvalue weighted by atomic mass is 10.1. The Hall–Kier alpha value is -1.75. The number of nitrogens with two attached hydrogens (primary N) is 1. The topological polar surface area (TPSA) is 84.6 Å². The van der Waals surface area contributed by atoms with Crippen molar-refractivity contribution in [3.05, 3.63) is 23.8 Å². The third-order valence-electron chi connectivity index (χ3n) is 2.13. The van der Waals surface area contributed by atoms with Gasteiger partial charge < -0.3 is 15.6 Å². The highest BCUT2D eigenvalue weighted by atomic mass is 16.6. The molecule has 1 aromatic rings. The van der Waals surface area contributed by atoms with E-state index in [-0.39, 0.29) is 5.75 Å². The average Bonchev–Trinajstić information content (AvgIpc) is 2.20. The van der Waals surface area contributed by atoms with Crippen LogP contribution >= 0.6 is 0 Å². The van der Waals surface area contributed by atoms with Gasteiger partial charge in [-0.3, -0.25) is 5.32 Å². The molecule has 0 fully saturated rings. The number of carbonyl (C=O) groups is 1. The summed E-state index contributed by atoms with van der Waals surface area (Å²) in [5.41, 5.74) is 6.10. The zero-order valence-corrected chi connectivity index (χ0v) is 11.0. The zero-order valence-electron chi connectivity index (χ0n) is 11.0. The number of ether oxygens (including phenoxy) is 1. The van der Waals surface area contributed by atoms with E-state index in [4.69, 9.17) is 10.5 Å². The largest absolute Gasteiger partial charge is 0.506 e. The molecule has 0 aliphatic rings. The van der Waals surface area contributed by atoms with Crippen molar-refractivity contribution in [2.24, 2.45) is 5.73 Å². The quantitative estimate of drug-likeness (QED) is 0.720. The first-order chi connectivity index (χ1) is 8.31. The Morgan fingerprint density at radius 3 is 2.61 bits per heavy atom. The summed E-state index contributed by atoms with van der Waals surface area (Å²) < 4.78 is 5.09. The van der Waals surface area contributed by atoms with Gasteiger partial charge in [0.25, 0.3) is 0 Å². The third-order valence-corrected chi connectivity index (χ3v) is 2.13. The summed E-state index contributed by atoms with van der Waals surface area (Å²) in [6.45, 7) is 5.84. The van der Waals surface area contributed by atoms with Crippen LogP contribution in [0.1, 0.15) is 26.3 Å². The maximum Gasteiger partial charge on any atom is 0.412 e. The minimum absolute atomic E-state index is 0.00630. The smallest absolute Gasteiger partial charge is 0.412 e. The Balaban J connectivity index is 2.71. The zero-order chi connectivity index (χ0) is 13.8. The molecule has 0 unspecified atom stereocenters. The van der Waals surface area contributed by atoms with Crippen LogP contribution < -0.4 is 11.1 Å². The Morgan fingerprint density at radius 2 is 2.11 bits per heavy atom. The molecule has 0 bridgehead atoms. The molecule has 0 aromatic heterocycles. The molecule has 5 nitrogen and oxygen atoms in total. The fourth-order valence-corrected chi connectivity index (χ4v) is 1.42. The second-order valence-electron chi connectivity index (χ2n) is 5.02. The Morgan fingerprint density at radius 1 is 1.44 bits per heavy atom. The Kier molecular flexibility index (Phi) is 4.55. The first-order valence-corrected chi connectivity index (χ1v) is 5.84. The summed E-state index contributed by atoms with van der Waals surface area (Å²) in [6, 6.07) is 5.02. The van der Waals surface area contributed by atoms with Crippen LogP contribution in [0.3, 0.4) is 0 Å². The van der Waals surface area contributed by atoms with Crippen molar-refractivity contribution in [1.82, 2.24) is 0 Å². The van der Waals surface area contributed by atoms with Gasteiger partial charge in [0.1, 0.15) is 11.4 Å². The molecule has 4 N–H and O–H groups in total. The van der Waals surface area contributed by atoms with Crippen molar-refractivity contribution >= 4 is 11.8 Å². The van der Waals surface area contributed by atoms with Crippen molar-refractivity contribution in [2.45, 2.75) is 32.8 Å². The van der Waals surface area contributed by atoms with Gasteiger partial charge in [0.15, 0.2) is 0 Å². The first-order valence-electron chi connectivity index (χ1n) is 5.84. The van der Waals surface area contributed by atoms with Gasteiger partial charge in [0, 0.05) is 0 Å². The number of phenolic OH excluding ortho intramolecular Hbond substituents is 1. The van der Waals surface area contributed by atoms with E-state index in [9.17, 15) is 9.90 Å². The SMILES string of the molecule is CC(C)(C)OC(=O)Nc1ccc(CCN)cc1O. The molecule has 0 atom stereocenters. The van der Waals surface area contributed by atoms with Gasteiger partial charge in [0.05, 0.1) is 5.69 Å². The van der Waals surface area contributed by atoms with Crippen molar-refractivity contribution in [3.63, 3.8) is 0 Å². The molecule has 0 saturated carbocycles. The van der Waals surface area contributed by atoms with Crippen LogP contribution in [0, 0.1) is 0 Å². The lowest BCUT2D eigenvalue weighted by molar-refractivity contribution is 0.0635. The molecular weight excluding hydrogens is 232 g/mol. The molecule has 0 heterocycles.